The number of fused-ring (bicyclic) bond motifs is 2. The second kappa shape index (κ2) is 8.87. The standard InChI is InChI=1S/C24H20N4O4S/c1-2-31-17-9-10-18-21(12-17)33-23(26-18)28(14-16-6-5-11-25-13-16)22(29)15-27-19-7-3-4-8-20(19)32-24(27)30/h3-13H,2,14-15H2,1H3. The lowest BCUT2D eigenvalue weighted by Crippen LogP contribution is -2.35. The van der Waals surface area contributed by atoms with Gasteiger partial charge < -0.3 is 9.15 Å². The zero-order chi connectivity index (χ0) is 22.8. The van der Waals surface area contributed by atoms with E-state index in [0.29, 0.717) is 22.8 Å². The first-order valence-corrected chi connectivity index (χ1v) is 11.2. The zero-order valence-corrected chi connectivity index (χ0v) is 18.6. The van der Waals surface area contributed by atoms with E-state index in [-0.39, 0.29) is 19.0 Å². The molecule has 0 fully saturated rings. The van der Waals surface area contributed by atoms with Gasteiger partial charge in [0.15, 0.2) is 10.7 Å². The number of benzene rings is 2. The number of carbonyl (C=O) groups is 1. The van der Waals surface area contributed by atoms with E-state index in [1.807, 2.05) is 37.3 Å². The van der Waals surface area contributed by atoms with Gasteiger partial charge in [0.1, 0.15) is 12.3 Å². The Kier molecular flexibility index (Phi) is 5.62. The molecule has 0 unspecified atom stereocenters. The molecule has 5 rings (SSSR count). The Balaban J connectivity index is 1.52. The van der Waals surface area contributed by atoms with Crippen LogP contribution in [0.5, 0.6) is 5.75 Å². The zero-order valence-electron chi connectivity index (χ0n) is 17.8. The van der Waals surface area contributed by atoms with Gasteiger partial charge in [-0.3, -0.25) is 19.2 Å². The number of nitrogens with zero attached hydrogens (tertiary/aromatic N) is 4. The van der Waals surface area contributed by atoms with E-state index in [9.17, 15) is 9.59 Å². The highest BCUT2D eigenvalue weighted by molar-refractivity contribution is 7.22. The van der Waals surface area contributed by atoms with Gasteiger partial charge in [-0.1, -0.05) is 29.5 Å². The Labute approximate surface area is 192 Å². The van der Waals surface area contributed by atoms with Gasteiger partial charge in [0.05, 0.1) is 28.9 Å². The Bertz CT molecular complexity index is 1490. The lowest BCUT2D eigenvalue weighted by molar-refractivity contribution is -0.119. The molecule has 0 aliphatic carbocycles. The van der Waals surface area contributed by atoms with E-state index in [1.54, 1.807) is 41.6 Å². The molecule has 3 aromatic heterocycles. The molecule has 0 saturated carbocycles. The van der Waals surface area contributed by atoms with Crippen LogP contribution in [0.3, 0.4) is 0 Å². The predicted molar refractivity (Wildman–Crippen MR) is 127 cm³/mol. The maximum absolute atomic E-state index is 13.5. The molecule has 33 heavy (non-hydrogen) atoms. The highest BCUT2D eigenvalue weighted by atomic mass is 32.1. The maximum Gasteiger partial charge on any atom is 0.420 e. The van der Waals surface area contributed by atoms with E-state index >= 15 is 0 Å². The number of amides is 1. The molecule has 3 heterocycles. The maximum atomic E-state index is 13.5. The van der Waals surface area contributed by atoms with Crippen LogP contribution >= 0.6 is 11.3 Å². The fraction of sp³-hybridized carbons (Fsp3) is 0.167. The quantitative estimate of drug-likeness (QED) is 0.361. The van der Waals surface area contributed by atoms with Crippen molar-refractivity contribution in [2.24, 2.45) is 0 Å². The van der Waals surface area contributed by atoms with Gasteiger partial charge in [-0.25, -0.2) is 9.78 Å². The third kappa shape index (κ3) is 4.22. The lowest BCUT2D eigenvalue weighted by Gasteiger charge is -2.20. The molecule has 8 nitrogen and oxygen atoms in total. The molecule has 2 aromatic carbocycles. The first-order chi connectivity index (χ1) is 16.1. The fourth-order valence-corrected chi connectivity index (χ4v) is 4.60. The number of hydrogen-bond donors (Lipinski definition) is 0. The number of carbonyl (C=O) groups excluding carboxylic acids is 1. The average molecular weight is 461 g/mol. The molecule has 0 atom stereocenters. The second-order valence-electron chi connectivity index (χ2n) is 7.32. The summed E-state index contributed by atoms with van der Waals surface area (Å²) in [4.78, 5) is 36.3. The number of ether oxygens (including phenoxy) is 1. The van der Waals surface area contributed by atoms with E-state index < -0.39 is 5.76 Å². The minimum absolute atomic E-state index is 0.170. The summed E-state index contributed by atoms with van der Waals surface area (Å²) >= 11 is 1.40. The summed E-state index contributed by atoms with van der Waals surface area (Å²) in [6.45, 7) is 2.60. The van der Waals surface area contributed by atoms with Crippen LogP contribution < -0.4 is 15.4 Å². The van der Waals surface area contributed by atoms with Crippen molar-refractivity contribution < 1.29 is 13.9 Å². The fourth-order valence-electron chi connectivity index (χ4n) is 3.59. The molecular formula is C24H20N4O4S. The minimum Gasteiger partial charge on any atom is -0.494 e. The normalized spacial score (nSPS) is 11.2. The first kappa shape index (κ1) is 20.9. The molecule has 0 N–H and O–H groups in total. The number of hydrogen-bond acceptors (Lipinski definition) is 7. The average Bonchev–Trinajstić information content (AvgIpc) is 3.38. The summed E-state index contributed by atoms with van der Waals surface area (Å²) in [5, 5.41) is 0.536. The van der Waals surface area contributed by atoms with Gasteiger partial charge in [-0.15, -0.1) is 0 Å². The Morgan fingerprint density at radius 3 is 2.88 bits per heavy atom. The number of thiazole rings is 1. The summed E-state index contributed by atoms with van der Waals surface area (Å²) in [7, 11) is 0. The number of anilines is 1. The molecular weight excluding hydrogens is 440 g/mol. The van der Waals surface area contributed by atoms with Crippen LogP contribution in [0.15, 0.2) is 76.2 Å². The summed E-state index contributed by atoms with van der Waals surface area (Å²) in [6.07, 6.45) is 3.39. The Morgan fingerprint density at radius 2 is 2.06 bits per heavy atom. The van der Waals surface area contributed by atoms with Gasteiger partial charge in [-0.2, -0.15) is 0 Å². The summed E-state index contributed by atoms with van der Waals surface area (Å²) in [5.74, 6) is -0.102. The van der Waals surface area contributed by atoms with Crippen LogP contribution in [0.4, 0.5) is 5.13 Å². The third-order valence-electron chi connectivity index (χ3n) is 5.12. The summed E-state index contributed by atoms with van der Waals surface area (Å²) in [5.41, 5.74) is 2.64. The van der Waals surface area contributed by atoms with Crippen molar-refractivity contribution in [1.29, 1.82) is 0 Å². The SMILES string of the molecule is CCOc1ccc2nc(N(Cc3cccnc3)C(=O)Cn3c(=O)oc4ccccc43)sc2c1. The van der Waals surface area contributed by atoms with Crippen molar-refractivity contribution in [3.05, 3.63) is 83.1 Å². The molecule has 0 spiro atoms. The summed E-state index contributed by atoms with van der Waals surface area (Å²) < 4.78 is 13.1. The Hall–Kier alpha value is -3.98. The van der Waals surface area contributed by atoms with Crippen molar-refractivity contribution in [2.45, 2.75) is 20.0 Å². The number of para-hydroxylation sites is 2. The predicted octanol–water partition coefficient (Wildman–Crippen LogP) is 4.23. The molecule has 0 bridgehead atoms. The molecule has 1 amide bonds. The number of aromatic nitrogens is 3. The number of oxazole rings is 1. The smallest absolute Gasteiger partial charge is 0.420 e. The van der Waals surface area contributed by atoms with Crippen LogP contribution in [0.1, 0.15) is 12.5 Å². The van der Waals surface area contributed by atoms with Gasteiger partial charge in [0.25, 0.3) is 0 Å². The molecule has 0 aliphatic rings. The molecule has 0 saturated heterocycles. The van der Waals surface area contributed by atoms with Crippen molar-refractivity contribution in [3.63, 3.8) is 0 Å². The first-order valence-electron chi connectivity index (χ1n) is 10.4. The van der Waals surface area contributed by atoms with Crippen LogP contribution in [-0.4, -0.2) is 27.0 Å². The van der Waals surface area contributed by atoms with Crippen molar-refractivity contribution in [1.82, 2.24) is 14.5 Å². The van der Waals surface area contributed by atoms with E-state index in [2.05, 4.69) is 9.97 Å². The largest absolute Gasteiger partial charge is 0.494 e. The highest BCUT2D eigenvalue weighted by Crippen LogP contribution is 2.32. The van der Waals surface area contributed by atoms with Crippen LogP contribution in [0.25, 0.3) is 21.3 Å². The molecule has 9 heteroatoms. The van der Waals surface area contributed by atoms with E-state index in [1.165, 1.54) is 15.9 Å². The minimum atomic E-state index is -0.573. The van der Waals surface area contributed by atoms with Crippen molar-refractivity contribution in [2.75, 3.05) is 11.5 Å². The lowest BCUT2D eigenvalue weighted by atomic mass is 10.2. The van der Waals surface area contributed by atoms with Gasteiger partial charge >= 0.3 is 5.76 Å². The third-order valence-corrected chi connectivity index (χ3v) is 6.16. The Morgan fingerprint density at radius 1 is 1.18 bits per heavy atom. The van der Waals surface area contributed by atoms with Gasteiger partial charge in [0, 0.05) is 12.4 Å². The molecule has 0 radical (unpaired) electrons. The monoisotopic (exact) mass is 460 g/mol. The van der Waals surface area contributed by atoms with Crippen LogP contribution in [0, 0.1) is 0 Å². The highest BCUT2D eigenvalue weighted by Gasteiger charge is 2.23. The summed E-state index contributed by atoms with van der Waals surface area (Å²) in [6, 6.07) is 16.4. The topological polar surface area (TPSA) is 90.5 Å². The molecule has 166 valence electrons. The number of pyridine rings is 1. The molecule has 5 aromatic rings. The number of rotatable bonds is 7. The van der Waals surface area contributed by atoms with Crippen molar-refractivity contribution in [3.8, 4) is 5.75 Å². The second-order valence-corrected chi connectivity index (χ2v) is 8.33. The van der Waals surface area contributed by atoms with E-state index in [4.69, 9.17) is 9.15 Å². The van der Waals surface area contributed by atoms with Crippen molar-refractivity contribution >= 4 is 43.7 Å². The van der Waals surface area contributed by atoms with Crippen LogP contribution in [0.2, 0.25) is 0 Å². The van der Waals surface area contributed by atoms with E-state index in [0.717, 1.165) is 21.5 Å². The van der Waals surface area contributed by atoms with Gasteiger partial charge in [-0.05, 0) is 48.9 Å². The van der Waals surface area contributed by atoms with Crippen LogP contribution in [-0.2, 0) is 17.9 Å². The molecule has 0 aliphatic heterocycles. The van der Waals surface area contributed by atoms with Gasteiger partial charge in [0.2, 0.25) is 5.91 Å².